The molecule has 2 heterocycles. The molecule has 0 spiro atoms. The summed E-state index contributed by atoms with van der Waals surface area (Å²) in [5, 5.41) is 0.000680. The van der Waals surface area contributed by atoms with Crippen molar-refractivity contribution < 1.29 is 32.4 Å². The molecule has 0 bridgehead atoms. The van der Waals surface area contributed by atoms with Gasteiger partial charge >= 0.3 is 0 Å². The average Bonchev–Trinajstić information content (AvgIpc) is 3.38. The maximum absolute atomic E-state index is 14.6. The maximum atomic E-state index is 14.6. The molecular weight excluding hydrogens is 665 g/mol. The van der Waals surface area contributed by atoms with Gasteiger partial charge in [0.05, 0.1) is 11.8 Å². The predicted molar refractivity (Wildman–Crippen MR) is 196 cm³/mol. The van der Waals surface area contributed by atoms with Crippen LogP contribution in [0.2, 0.25) is 0 Å². The zero-order valence-electron chi connectivity index (χ0n) is 31.1. The number of sulfone groups is 1. The number of piperidine rings is 1. The quantitative estimate of drug-likeness (QED) is 0.0967. The highest BCUT2D eigenvalue weighted by molar-refractivity contribution is 7.91. The molecule has 3 aliphatic rings. The summed E-state index contributed by atoms with van der Waals surface area (Å²) in [6.45, 7) is 13.9. The highest BCUT2D eigenvalue weighted by Crippen LogP contribution is 2.65. The number of rotatable bonds is 18. The van der Waals surface area contributed by atoms with E-state index in [0.29, 0.717) is 25.8 Å². The number of hydrogen-bond acceptors (Lipinski definition) is 8. The van der Waals surface area contributed by atoms with Gasteiger partial charge in [0.2, 0.25) is 11.7 Å². The van der Waals surface area contributed by atoms with Crippen LogP contribution in [0.15, 0.2) is 42.1 Å². The Morgan fingerprint density at radius 2 is 1.78 bits per heavy atom. The molecule has 2 aliphatic carbocycles. The fourth-order valence-electron chi connectivity index (χ4n) is 8.78. The molecule has 1 aromatic heterocycles. The number of carbonyl (C=O) groups excluding carboxylic acids is 5. The molecule has 0 N–H and O–H groups in total. The number of amides is 1. The number of allylic oxidation sites excluding steroid dienone is 1. The van der Waals surface area contributed by atoms with Crippen LogP contribution in [0.1, 0.15) is 112 Å². The summed E-state index contributed by atoms with van der Waals surface area (Å²) in [6, 6.07) is 4.01. The van der Waals surface area contributed by atoms with Gasteiger partial charge in [0.1, 0.15) is 5.78 Å². The molecule has 1 amide bonds. The number of pyridine rings is 1. The first-order valence-corrected chi connectivity index (χ1v) is 20.1. The number of Topliss-reactive ketones (excluding diaryl/α,β-unsaturated/α-hetero) is 4. The largest absolute Gasteiger partial charge is 0.332 e. The molecular formula is C41H56N2O7S. The van der Waals surface area contributed by atoms with Gasteiger partial charge in [-0.15, -0.1) is 18.9 Å². The van der Waals surface area contributed by atoms with Crippen LogP contribution in [0.4, 0.5) is 0 Å². The number of ketones is 4. The van der Waals surface area contributed by atoms with Crippen molar-refractivity contribution in [3.05, 3.63) is 37.1 Å². The number of hydrogen-bond donors (Lipinski definition) is 0. The van der Waals surface area contributed by atoms with E-state index in [-0.39, 0.29) is 84.0 Å². The SMILES string of the molecule is C#CCCC(CC(=O)[C@@H]1[C@@H]2C(CN1C(=O)[C@@H](CC(=O)CC1(CS(=O)(=O)c3ccccn3)CCCCC1)C(C)(C)C)C2(C)C)C(=O)C(=O)CCC=C. The molecule has 51 heavy (non-hydrogen) atoms. The smallest absolute Gasteiger partial charge is 0.227 e. The molecule has 10 heteroatoms. The number of nitrogens with zero attached hydrogens (tertiary/aromatic N) is 2. The van der Waals surface area contributed by atoms with Gasteiger partial charge in [0.15, 0.2) is 26.4 Å². The van der Waals surface area contributed by atoms with Gasteiger partial charge in [0.25, 0.3) is 0 Å². The lowest BCUT2D eigenvalue weighted by Gasteiger charge is -2.39. The van der Waals surface area contributed by atoms with Crippen LogP contribution >= 0.6 is 0 Å². The Labute approximate surface area is 304 Å². The van der Waals surface area contributed by atoms with E-state index in [1.54, 1.807) is 23.1 Å². The van der Waals surface area contributed by atoms with E-state index in [1.165, 1.54) is 12.3 Å². The number of likely N-dealkylation sites (tertiary alicyclic amines) is 1. The van der Waals surface area contributed by atoms with Gasteiger partial charge < -0.3 is 4.90 Å². The fourth-order valence-corrected chi connectivity index (χ4v) is 10.6. The maximum Gasteiger partial charge on any atom is 0.227 e. The molecule has 2 unspecified atom stereocenters. The fraction of sp³-hybridized carbons (Fsp3) is 0.659. The van der Waals surface area contributed by atoms with Gasteiger partial charge in [-0.3, -0.25) is 24.0 Å². The summed E-state index contributed by atoms with van der Waals surface area (Å²) in [6.07, 6.45) is 13.0. The Morgan fingerprint density at radius 3 is 2.37 bits per heavy atom. The van der Waals surface area contributed by atoms with Crippen molar-refractivity contribution in [2.45, 2.75) is 123 Å². The number of terminal acetylenes is 1. The van der Waals surface area contributed by atoms with E-state index in [1.807, 2.05) is 20.8 Å². The molecule has 0 aromatic carbocycles. The molecule has 4 rings (SSSR count). The lowest BCUT2D eigenvalue weighted by molar-refractivity contribution is -0.148. The normalized spacial score (nSPS) is 23.3. The van der Waals surface area contributed by atoms with Gasteiger partial charge in [-0.05, 0) is 65.9 Å². The van der Waals surface area contributed by atoms with Crippen molar-refractivity contribution >= 4 is 38.9 Å². The summed E-state index contributed by atoms with van der Waals surface area (Å²) in [5.74, 6) is -1.11. The van der Waals surface area contributed by atoms with Crippen molar-refractivity contribution in [3.8, 4) is 12.3 Å². The lowest BCUT2D eigenvalue weighted by Crippen LogP contribution is -2.51. The Bertz CT molecular complexity index is 1640. The van der Waals surface area contributed by atoms with Crippen molar-refractivity contribution in [2.24, 2.45) is 39.9 Å². The highest BCUT2D eigenvalue weighted by Gasteiger charge is 2.69. The minimum Gasteiger partial charge on any atom is -0.332 e. The zero-order valence-corrected chi connectivity index (χ0v) is 31.9. The van der Waals surface area contributed by atoms with Crippen LogP contribution in [-0.2, 0) is 33.8 Å². The van der Waals surface area contributed by atoms with E-state index in [0.717, 1.165) is 19.3 Å². The highest BCUT2D eigenvalue weighted by atomic mass is 32.2. The van der Waals surface area contributed by atoms with Crippen molar-refractivity contribution in [1.29, 1.82) is 0 Å². The van der Waals surface area contributed by atoms with Crippen LogP contribution in [0.5, 0.6) is 0 Å². The van der Waals surface area contributed by atoms with Crippen LogP contribution in [-0.4, -0.2) is 65.7 Å². The minimum atomic E-state index is -3.75. The first-order chi connectivity index (χ1) is 23.9. The van der Waals surface area contributed by atoms with E-state index >= 15 is 0 Å². The van der Waals surface area contributed by atoms with Gasteiger partial charge in [-0.25, -0.2) is 13.4 Å². The number of fused-ring (bicyclic) bond motifs is 1. The summed E-state index contributed by atoms with van der Waals surface area (Å²) in [5.41, 5.74) is -1.54. The minimum absolute atomic E-state index is 0.000680. The summed E-state index contributed by atoms with van der Waals surface area (Å²) < 4.78 is 27.0. The lowest BCUT2D eigenvalue weighted by atomic mass is 9.70. The monoisotopic (exact) mass is 720 g/mol. The molecule has 2 saturated carbocycles. The van der Waals surface area contributed by atoms with E-state index in [2.05, 4.69) is 31.3 Å². The Morgan fingerprint density at radius 1 is 1.10 bits per heavy atom. The summed E-state index contributed by atoms with van der Waals surface area (Å²) in [7, 11) is -3.75. The van der Waals surface area contributed by atoms with Crippen LogP contribution in [0.3, 0.4) is 0 Å². The zero-order chi connectivity index (χ0) is 37.8. The third-order valence-electron chi connectivity index (χ3n) is 11.8. The predicted octanol–water partition coefficient (Wildman–Crippen LogP) is 6.39. The van der Waals surface area contributed by atoms with Crippen LogP contribution in [0, 0.1) is 52.3 Å². The van der Waals surface area contributed by atoms with Crippen molar-refractivity contribution in [1.82, 2.24) is 9.88 Å². The van der Waals surface area contributed by atoms with Crippen molar-refractivity contribution in [3.63, 3.8) is 0 Å². The molecule has 9 nitrogen and oxygen atoms in total. The summed E-state index contributed by atoms with van der Waals surface area (Å²) >= 11 is 0. The molecule has 1 aliphatic heterocycles. The molecule has 0 radical (unpaired) electrons. The topological polar surface area (TPSA) is 136 Å². The molecule has 1 aromatic rings. The van der Waals surface area contributed by atoms with Crippen LogP contribution in [0.25, 0.3) is 0 Å². The van der Waals surface area contributed by atoms with E-state index in [9.17, 15) is 32.4 Å². The molecule has 5 atom stereocenters. The molecule has 278 valence electrons. The van der Waals surface area contributed by atoms with Crippen LogP contribution < -0.4 is 0 Å². The first-order valence-electron chi connectivity index (χ1n) is 18.5. The number of aromatic nitrogens is 1. The second-order valence-corrected chi connectivity index (χ2v) is 18.9. The Hall–Kier alpha value is -3.45. The molecule has 1 saturated heterocycles. The first kappa shape index (κ1) is 40.3. The van der Waals surface area contributed by atoms with Crippen molar-refractivity contribution in [2.75, 3.05) is 12.3 Å². The summed E-state index contributed by atoms with van der Waals surface area (Å²) in [4.78, 5) is 74.4. The second kappa shape index (κ2) is 16.1. The second-order valence-electron chi connectivity index (χ2n) is 16.9. The van der Waals surface area contributed by atoms with E-state index in [4.69, 9.17) is 6.42 Å². The van der Waals surface area contributed by atoms with Gasteiger partial charge in [0, 0.05) is 56.7 Å². The number of carbonyl (C=O) groups is 5. The Kier molecular flexibility index (Phi) is 12.7. The average molecular weight is 721 g/mol. The molecule has 3 fully saturated rings. The van der Waals surface area contributed by atoms with E-state index < -0.39 is 50.1 Å². The van der Waals surface area contributed by atoms with Gasteiger partial charge in [-0.1, -0.05) is 66.0 Å². The van der Waals surface area contributed by atoms with Gasteiger partial charge in [-0.2, -0.15) is 0 Å². The third-order valence-corrected chi connectivity index (χ3v) is 13.7. The standard InChI is InChI=1S/C41H56N2O7S/c1-8-10-17-28(37(47)32(45)18-11-9-2)23-33(46)36-35-31(40(35,6)7)26-43(36)38(48)30(39(3,4)5)24-29(44)25-41(20-14-12-15-21-41)27-51(49,50)34-19-13-16-22-42-34/h1,9,13,16,19,22,28,30-31,35-36H,2,10-12,14-15,17-18,20-21,23-27H2,3-7H3/t28?,30-,31?,35+,36-/m1/s1. The third kappa shape index (κ3) is 9.32. The Balaban J connectivity index is 1.56.